The zero-order valence-corrected chi connectivity index (χ0v) is 7.66. The molecule has 0 fully saturated rings. The van der Waals surface area contributed by atoms with Crippen LogP contribution in [0.3, 0.4) is 0 Å². The summed E-state index contributed by atoms with van der Waals surface area (Å²) in [5.74, 6) is 0.850. The fraction of sp³-hybridized carbons (Fsp3) is 0.400. The third-order valence-corrected chi connectivity index (χ3v) is 2.05. The lowest BCUT2D eigenvalue weighted by atomic mass is 10.1. The number of rotatable bonds is 1. The topological polar surface area (TPSA) is 35.0 Å². The summed E-state index contributed by atoms with van der Waals surface area (Å²) in [7, 11) is 0. The summed E-state index contributed by atoms with van der Waals surface area (Å²) in [5.41, 5.74) is 2.22. The van der Waals surface area contributed by atoms with Crippen molar-refractivity contribution in [2.75, 3.05) is 13.2 Å². The highest BCUT2D eigenvalue weighted by atomic mass is 16.5. The van der Waals surface area contributed by atoms with Crippen LogP contribution in [-0.4, -0.2) is 23.2 Å². The van der Waals surface area contributed by atoms with E-state index >= 15 is 0 Å². The Kier molecular flexibility index (Phi) is 2.36. The Morgan fingerprint density at radius 1 is 1.46 bits per heavy atom. The van der Waals surface area contributed by atoms with Gasteiger partial charge in [0.15, 0.2) is 5.82 Å². The maximum absolute atomic E-state index is 5.22. The van der Waals surface area contributed by atoms with E-state index in [9.17, 15) is 0 Å². The molecule has 1 aromatic rings. The van der Waals surface area contributed by atoms with Gasteiger partial charge in [0.25, 0.3) is 0 Å². The van der Waals surface area contributed by atoms with Crippen molar-refractivity contribution < 1.29 is 4.74 Å². The van der Waals surface area contributed by atoms with Crippen LogP contribution in [-0.2, 0) is 4.74 Å². The fourth-order valence-electron chi connectivity index (χ4n) is 1.33. The van der Waals surface area contributed by atoms with Crippen molar-refractivity contribution in [2.24, 2.45) is 0 Å². The molecule has 13 heavy (non-hydrogen) atoms. The monoisotopic (exact) mass is 176 g/mol. The minimum atomic E-state index is 0.687. The van der Waals surface area contributed by atoms with Gasteiger partial charge in [-0.25, -0.2) is 9.97 Å². The highest BCUT2D eigenvalue weighted by Gasteiger charge is 2.08. The minimum absolute atomic E-state index is 0.687. The number of nitrogens with zero attached hydrogens (tertiary/aromatic N) is 2. The maximum atomic E-state index is 5.22. The minimum Gasteiger partial charge on any atom is -0.377 e. The molecule has 2 rings (SSSR count). The van der Waals surface area contributed by atoms with Crippen molar-refractivity contribution in [3.63, 3.8) is 0 Å². The highest BCUT2D eigenvalue weighted by Crippen LogP contribution is 2.16. The van der Waals surface area contributed by atoms with E-state index < -0.39 is 0 Å². The summed E-state index contributed by atoms with van der Waals surface area (Å²) < 4.78 is 5.22. The summed E-state index contributed by atoms with van der Waals surface area (Å²) >= 11 is 0. The first-order chi connectivity index (χ1) is 6.36. The van der Waals surface area contributed by atoms with Crippen LogP contribution in [0, 0.1) is 6.92 Å². The van der Waals surface area contributed by atoms with Gasteiger partial charge in [-0.05, 0) is 25.0 Å². The SMILES string of the molecule is Cc1ccnc(C2=CCOCC2)n1. The second kappa shape index (κ2) is 3.66. The van der Waals surface area contributed by atoms with Gasteiger partial charge in [-0.2, -0.15) is 0 Å². The summed E-state index contributed by atoms with van der Waals surface area (Å²) in [4.78, 5) is 8.59. The molecule has 0 atom stereocenters. The van der Waals surface area contributed by atoms with E-state index in [0.29, 0.717) is 6.61 Å². The second-order valence-corrected chi connectivity index (χ2v) is 3.08. The molecule has 68 valence electrons. The molecule has 1 aromatic heterocycles. The first-order valence-corrected chi connectivity index (χ1v) is 4.43. The van der Waals surface area contributed by atoms with Gasteiger partial charge in [0.1, 0.15) is 0 Å². The predicted molar refractivity (Wildman–Crippen MR) is 50.2 cm³/mol. The van der Waals surface area contributed by atoms with Crippen molar-refractivity contribution in [3.8, 4) is 0 Å². The van der Waals surface area contributed by atoms with Crippen molar-refractivity contribution >= 4 is 5.57 Å². The Labute approximate surface area is 77.5 Å². The van der Waals surface area contributed by atoms with E-state index in [-0.39, 0.29) is 0 Å². The molecule has 0 aliphatic carbocycles. The van der Waals surface area contributed by atoms with E-state index in [1.54, 1.807) is 6.20 Å². The number of aryl methyl sites for hydroxylation is 1. The van der Waals surface area contributed by atoms with E-state index in [4.69, 9.17) is 4.74 Å². The fourth-order valence-corrected chi connectivity index (χ4v) is 1.33. The second-order valence-electron chi connectivity index (χ2n) is 3.08. The van der Waals surface area contributed by atoms with Crippen LogP contribution >= 0.6 is 0 Å². The molecule has 0 spiro atoms. The summed E-state index contributed by atoms with van der Waals surface area (Å²) in [6.07, 6.45) is 4.77. The Bertz CT molecular complexity index is 333. The maximum Gasteiger partial charge on any atom is 0.155 e. The normalized spacial score (nSPS) is 16.8. The molecule has 1 aliphatic heterocycles. The van der Waals surface area contributed by atoms with Crippen LogP contribution in [0.25, 0.3) is 5.57 Å². The summed E-state index contributed by atoms with van der Waals surface area (Å²) in [5, 5.41) is 0. The molecule has 0 bridgehead atoms. The molecule has 0 aromatic carbocycles. The third-order valence-electron chi connectivity index (χ3n) is 2.05. The first kappa shape index (κ1) is 8.38. The number of aromatic nitrogens is 2. The van der Waals surface area contributed by atoms with Crippen molar-refractivity contribution in [1.29, 1.82) is 0 Å². The smallest absolute Gasteiger partial charge is 0.155 e. The molecular weight excluding hydrogens is 164 g/mol. The van der Waals surface area contributed by atoms with Gasteiger partial charge in [-0.3, -0.25) is 0 Å². The molecule has 0 saturated carbocycles. The number of hydrogen-bond donors (Lipinski definition) is 0. The molecule has 0 radical (unpaired) electrons. The van der Waals surface area contributed by atoms with E-state index in [1.807, 2.05) is 13.0 Å². The van der Waals surface area contributed by atoms with Crippen LogP contribution in [0.15, 0.2) is 18.3 Å². The van der Waals surface area contributed by atoms with Crippen LogP contribution in [0.4, 0.5) is 0 Å². The molecule has 2 heterocycles. The molecule has 0 N–H and O–H groups in total. The average Bonchev–Trinajstić information content (AvgIpc) is 2.19. The van der Waals surface area contributed by atoms with Gasteiger partial charge in [0, 0.05) is 11.9 Å². The highest BCUT2D eigenvalue weighted by molar-refractivity contribution is 5.60. The zero-order valence-electron chi connectivity index (χ0n) is 7.66. The Hall–Kier alpha value is -1.22. The number of hydrogen-bond acceptors (Lipinski definition) is 3. The molecule has 3 nitrogen and oxygen atoms in total. The largest absolute Gasteiger partial charge is 0.377 e. The van der Waals surface area contributed by atoms with Gasteiger partial charge in [-0.15, -0.1) is 0 Å². The third kappa shape index (κ3) is 1.92. The van der Waals surface area contributed by atoms with E-state index in [2.05, 4.69) is 16.0 Å². The van der Waals surface area contributed by atoms with E-state index in [1.165, 1.54) is 5.57 Å². The Morgan fingerprint density at radius 2 is 2.38 bits per heavy atom. The molecular formula is C10H12N2O. The van der Waals surface area contributed by atoms with Crippen molar-refractivity contribution in [3.05, 3.63) is 29.9 Å². The van der Waals surface area contributed by atoms with Gasteiger partial charge in [0.2, 0.25) is 0 Å². The predicted octanol–water partition coefficient (Wildman–Crippen LogP) is 1.59. The molecule has 0 unspecified atom stereocenters. The van der Waals surface area contributed by atoms with Crippen molar-refractivity contribution in [1.82, 2.24) is 9.97 Å². The van der Waals surface area contributed by atoms with Gasteiger partial charge < -0.3 is 4.74 Å². The van der Waals surface area contributed by atoms with Crippen LogP contribution < -0.4 is 0 Å². The van der Waals surface area contributed by atoms with Gasteiger partial charge in [0.05, 0.1) is 13.2 Å². The summed E-state index contributed by atoms with van der Waals surface area (Å²) in [6, 6.07) is 1.91. The standard InChI is InChI=1S/C10H12N2O/c1-8-2-5-11-10(12-8)9-3-6-13-7-4-9/h2-3,5H,4,6-7H2,1H3. The molecule has 0 saturated heterocycles. The van der Waals surface area contributed by atoms with Crippen molar-refractivity contribution in [2.45, 2.75) is 13.3 Å². The number of ether oxygens (including phenoxy) is 1. The van der Waals surface area contributed by atoms with Crippen LogP contribution in [0.2, 0.25) is 0 Å². The molecule has 0 amide bonds. The van der Waals surface area contributed by atoms with Gasteiger partial charge in [-0.1, -0.05) is 6.08 Å². The Balaban J connectivity index is 2.29. The average molecular weight is 176 g/mol. The first-order valence-electron chi connectivity index (χ1n) is 4.43. The quantitative estimate of drug-likeness (QED) is 0.651. The lowest BCUT2D eigenvalue weighted by molar-refractivity contribution is 0.161. The van der Waals surface area contributed by atoms with Gasteiger partial charge >= 0.3 is 0 Å². The zero-order chi connectivity index (χ0) is 9.10. The lowest BCUT2D eigenvalue weighted by Crippen LogP contribution is -2.06. The lowest BCUT2D eigenvalue weighted by Gasteiger charge is -2.11. The van der Waals surface area contributed by atoms with E-state index in [0.717, 1.165) is 24.5 Å². The summed E-state index contributed by atoms with van der Waals surface area (Å²) in [6.45, 7) is 3.45. The van der Waals surface area contributed by atoms with Crippen LogP contribution in [0.5, 0.6) is 0 Å². The molecule has 3 heteroatoms. The molecule has 1 aliphatic rings. The van der Waals surface area contributed by atoms with Crippen LogP contribution in [0.1, 0.15) is 17.9 Å². The Morgan fingerprint density at radius 3 is 3.08 bits per heavy atom.